The molecule has 0 spiro atoms. The third-order valence-corrected chi connectivity index (χ3v) is 9.17. The van der Waals surface area contributed by atoms with Gasteiger partial charge in [0.25, 0.3) is 0 Å². The van der Waals surface area contributed by atoms with E-state index in [9.17, 15) is 13.2 Å². The maximum Gasteiger partial charge on any atom is 0.188 e. The van der Waals surface area contributed by atoms with Gasteiger partial charge in [-0.2, -0.15) is 0 Å². The summed E-state index contributed by atoms with van der Waals surface area (Å²) in [6.45, 7) is 0. The van der Waals surface area contributed by atoms with Crippen molar-refractivity contribution in [1.29, 1.82) is 0 Å². The molecule has 7 aromatic rings. The Labute approximate surface area is 247 Å². The molecule has 0 aliphatic rings. The maximum atomic E-state index is 13.4. The molecule has 0 aliphatic heterocycles. The monoisotopic (exact) mass is 591 g/mol. The van der Waals surface area contributed by atoms with E-state index < -0.39 is 10.5 Å². The average Bonchev–Trinajstić information content (AvgIpc) is 3.34. The molecule has 0 unspecified atom stereocenters. The van der Waals surface area contributed by atoms with Crippen molar-refractivity contribution in [3.8, 4) is 39.4 Å². The third kappa shape index (κ3) is 5.63. The number of rotatable bonds is 7. The molecule has 0 radical (unpaired) electrons. The van der Waals surface area contributed by atoms with Crippen LogP contribution in [0.3, 0.4) is 0 Å². The second-order valence-electron chi connectivity index (χ2n) is 9.76. The molecule has 6 aromatic carbocycles. The molecule has 0 atom stereocenters. The van der Waals surface area contributed by atoms with Crippen LogP contribution in [0.4, 0.5) is 13.2 Å². The van der Waals surface area contributed by atoms with Crippen LogP contribution in [-0.2, 0) is 0 Å². The normalized spacial score (nSPS) is 11.1. The zero-order valence-corrected chi connectivity index (χ0v) is 23.3. The van der Waals surface area contributed by atoms with Gasteiger partial charge in [0.1, 0.15) is 51.9 Å². The first-order valence-electron chi connectivity index (χ1n) is 13.4. The zero-order chi connectivity index (χ0) is 29.3. The lowest BCUT2D eigenvalue weighted by Crippen LogP contribution is -1.85. The van der Waals surface area contributed by atoms with E-state index in [2.05, 4.69) is 12.1 Å². The molecule has 43 heavy (non-hydrogen) atoms. The van der Waals surface area contributed by atoms with Gasteiger partial charge in [-0.05, 0) is 109 Å². The zero-order valence-electron chi connectivity index (χ0n) is 22.5. The molecule has 0 bridgehead atoms. The molecule has 0 aliphatic carbocycles. The van der Waals surface area contributed by atoms with Crippen molar-refractivity contribution in [3.63, 3.8) is 0 Å². The third-order valence-electron chi connectivity index (χ3n) is 6.84. The van der Waals surface area contributed by atoms with E-state index in [0.29, 0.717) is 34.5 Å². The molecule has 0 saturated heterocycles. The molecule has 0 saturated carbocycles. The minimum atomic E-state index is -0.429. The van der Waals surface area contributed by atoms with Gasteiger partial charge < -0.3 is 14.2 Å². The van der Waals surface area contributed by atoms with Gasteiger partial charge in [0.05, 0.1) is 10.8 Å². The van der Waals surface area contributed by atoms with E-state index in [-0.39, 0.29) is 17.5 Å². The van der Waals surface area contributed by atoms with E-state index in [1.807, 2.05) is 48.5 Å². The van der Waals surface area contributed by atoms with Gasteiger partial charge in [0.2, 0.25) is 0 Å². The predicted octanol–water partition coefficient (Wildman–Crippen LogP) is 11.5. The number of thiophene rings is 1. The number of fused-ring (bicyclic) bond motifs is 3. The Balaban J connectivity index is 1.30. The van der Waals surface area contributed by atoms with Crippen LogP contribution in [0.25, 0.3) is 25.1 Å². The summed E-state index contributed by atoms with van der Waals surface area (Å²) in [5.74, 6) is 2.51. The van der Waals surface area contributed by atoms with E-state index in [0.717, 1.165) is 25.1 Å². The summed E-state index contributed by atoms with van der Waals surface area (Å²) >= 11 is 0. The van der Waals surface area contributed by atoms with Gasteiger partial charge in [0.15, 0.2) is 14.3 Å². The molecule has 0 N–H and O–H groups in total. The summed E-state index contributed by atoms with van der Waals surface area (Å²) in [6.07, 6.45) is 0. The van der Waals surface area contributed by atoms with Gasteiger partial charge in [-0.1, -0.05) is 0 Å². The SMILES string of the molecule is Fc1ccc(Oc2ccc(-[s+]3c4ccc(Oc5ccc(F)cc5)cc4c4cc(Oc5ccc(F)cc5)ccc43)cc2)cc1. The fraction of sp³-hybridized carbons (Fsp3) is 0. The van der Waals surface area contributed by atoms with Crippen molar-refractivity contribution in [3.05, 3.63) is 151 Å². The Kier molecular flexibility index (Phi) is 6.93. The molecular formula is C36H22F3O3S+. The Morgan fingerprint density at radius 1 is 0.349 bits per heavy atom. The van der Waals surface area contributed by atoms with Gasteiger partial charge in [-0.3, -0.25) is 0 Å². The molecular weight excluding hydrogens is 569 g/mol. The smallest absolute Gasteiger partial charge is 0.188 e. The summed E-state index contributed by atoms with van der Waals surface area (Å²) in [6, 6.07) is 37.5. The lowest BCUT2D eigenvalue weighted by Gasteiger charge is -2.06. The summed E-state index contributed by atoms with van der Waals surface area (Å²) in [5.41, 5.74) is 0. The van der Waals surface area contributed by atoms with Crippen LogP contribution in [0.1, 0.15) is 0 Å². The predicted molar refractivity (Wildman–Crippen MR) is 165 cm³/mol. The highest BCUT2D eigenvalue weighted by atomic mass is 32.2. The molecule has 3 nitrogen and oxygen atoms in total. The number of ether oxygens (including phenoxy) is 3. The van der Waals surface area contributed by atoms with E-state index in [1.165, 1.54) is 36.4 Å². The molecule has 210 valence electrons. The van der Waals surface area contributed by atoms with Crippen LogP contribution < -0.4 is 14.2 Å². The van der Waals surface area contributed by atoms with Gasteiger partial charge in [-0.25, -0.2) is 13.2 Å². The summed E-state index contributed by atoms with van der Waals surface area (Å²) < 4.78 is 60.4. The minimum absolute atomic E-state index is 0.320. The molecule has 1 heterocycles. The maximum absolute atomic E-state index is 13.4. The van der Waals surface area contributed by atoms with Crippen LogP contribution >= 0.6 is 10.5 Å². The van der Waals surface area contributed by atoms with Crippen LogP contribution in [0, 0.1) is 17.5 Å². The van der Waals surface area contributed by atoms with Crippen molar-refractivity contribution in [1.82, 2.24) is 0 Å². The molecule has 1 aromatic heterocycles. The fourth-order valence-electron chi connectivity index (χ4n) is 4.85. The summed E-state index contributed by atoms with van der Waals surface area (Å²) in [4.78, 5) is 1.09. The highest BCUT2D eigenvalue weighted by Crippen LogP contribution is 2.50. The van der Waals surface area contributed by atoms with E-state index >= 15 is 0 Å². The Hall–Kier alpha value is -5.27. The van der Waals surface area contributed by atoms with Crippen LogP contribution in [0.2, 0.25) is 0 Å². The second-order valence-corrected chi connectivity index (χ2v) is 11.7. The highest BCUT2D eigenvalue weighted by Gasteiger charge is 2.25. The van der Waals surface area contributed by atoms with Crippen molar-refractivity contribution in [2.45, 2.75) is 0 Å². The first kappa shape index (κ1) is 26.6. The van der Waals surface area contributed by atoms with Gasteiger partial charge >= 0.3 is 0 Å². The Morgan fingerprint density at radius 3 is 1.02 bits per heavy atom. The van der Waals surface area contributed by atoms with E-state index in [1.54, 1.807) is 36.4 Å². The summed E-state index contributed by atoms with van der Waals surface area (Å²) in [5, 5.41) is 1.99. The Bertz CT molecular complexity index is 1950. The molecule has 7 rings (SSSR count). The largest absolute Gasteiger partial charge is 0.457 e. The standard InChI is InChI=1S/C36H22F3O3S/c37-23-1-7-26(8-2-23)40-29-13-17-32(18-14-29)43-35-19-15-30(41-27-9-3-24(38)4-10-27)21-33(35)34-22-31(16-20-36(34)43)42-28-11-5-25(39)6-12-28/h1-22H/q+1. The average molecular weight is 592 g/mol. The van der Waals surface area contributed by atoms with Crippen LogP contribution in [0.5, 0.6) is 34.5 Å². The highest BCUT2D eigenvalue weighted by molar-refractivity contribution is 7.50. The fourth-order valence-corrected chi connectivity index (χ4v) is 7.19. The van der Waals surface area contributed by atoms with E-state index in [4.69, 9.17) is 14.2 Å². The molecule has 0 fully saturated rings. The molecule has 7 heteroatoms. The van der Waals surface area contributed by atoms with Crippen molar-refractivity contribution >= 4 is 30.6 Å². The lowest BCUT2D eigenvalue weighted by molar-refractivity contribution is 0.480. The van der Waals surface area contributed by atoms with Crippen molar-refractivity contribution in [2.75, 3.05) is 0 Å². The first-order chi connectivity index (χ1) is 21.0. The topological polar surface area (TPSA) is 27.7 Å². The number of benzene rings is 6. The number of hydrogen-bond acceptors (Lipinski definition) is 3. The van der Waals surface area contributed by atoms with Gasteiger partial charge in [-0.15, -0.1) is 0 Å². The van der Waals surface area contributed by atoms with Crippen molar-refractivity contribution < 1.29 is 27.4 Å². The molecule has 0 amide bonds. The second kappa shape index (κ2) is 11.2. The Morgan fingerprint density at radius 2 is 0.651 bits per heavy atom. The first-order valence-corrected chi connectivity index (χ1v) is 14.6. The number of hydrogen-bond donors (Lipinski definition) is 0. The lowest BCUT2D eigenvalue weighted by atomic mass is 10.1. The van der Waals surface area contributed by atoms with Crippen LogP contribution in [-0.4, -0.2) is 0 Å². The van der Waals surface area contributed by atoms with Crippen molar-refractivity contribution in [2.24, 2.45) is 0 Å². The minimum Gasteiger partial charge on any atom is -0.457 e. The quantitative estimate of drug-likeness (QED) is 0.173. The number of halogens is 3. The summed E-state index contributed by atoms with van der Waals surface area (Å²) in [7, 11) is -0.429. The van der Waals surface area contributed by atoms with Gasteiger partial charge in [0, 0.05) is 34.7 Å². The van der Waals surface area contributed by atoms with Crippen LogP contribution in [0.15, 0.2) is 133 Å².